The van der Waals surface area contributed by atoms with Crippen LogP contribution in [-0.2, 0) is 9.53 Å². The molecular formula is C17H21NO2P+. The van der Waals surface area contributed by atoms with E-state index in [4.69, 9.17) is 4.74 Å². The van der Waals surface area contributed by atoms with E-state index in [0.29, 0.717) is 6.16 Å². The fourth-order valence-corrected chi connectivity index (χ4v) is 6.02. The van der Waals surface area contributed by atoms with Crippen LogP contribution in [0, 0.1) is 0 Å². The average molecular weight is 302 g/mol. The van der Waals surface area contributed by atoms with Crippen LogP contribution in [0.4, 0.5) is 0 Å². The van der Waals surface area contributed by atoms with Crippen molar-refractivity contribution in [3.05, 3.63) is 60.7 Å². The van der Waals surface area contributed by atoms with Crippen molar-refractivity contribution in [2.45, 2.75) is 6.92 Å². The van der Waals surface area contributed by atoms with Gasteiger partial charge in [0.1, 0.15) is 10.6 Å². The number of carbonyl (C=O) groups is 1. The summed E-state index contributed by atoms with van der Waals surface area (Å²) in [6.45, 7) is 2.87. The maximum absolute atomic E-state index is 12.0. The highest BCUT2D eigenvalue weighted by molar-refractivity contribution is 7.88. The zero-order valence-electron chi connectivity index (χ0n) is 12.5. The van der Waals surface area contributed by atoms with E-state index in [1.807, 2.05) is 36.4 Å². The molecule has 0 aliphatic heterocycles. The lowest BCUT2D eigenvalue weighted by Gasteiger charge is -2.26. The first-order valence-corrected chi connectivity index (χ1v) is 9.01. The van der Waals surface area contributed by atoms with Crippen LogP contribution < -0.4 is 15.7 Å². The van der Waals surface area contributed by atoms with Crippen LogP contribution in [0.15, 0.2) is 60.7 Å². The van der Waals surface area contributed by atoms with Gasteiger partial charge >= 0.3 is 5.97 Å². The molecule has 0 atom stereocenters. The Labute approximate surface area is 126 Å². The second-order valence-electron chi connectivity index (χ2n) is 4.73. The monoisotopic (exact) mass is 302 g/mol. The normalized spacial score (nSPS) is 11.1. The van der Waals surface area contributed by atoms with Crippen LogP contribution in [0.25, 0.3) is 0 Å². The highest BCUT2D eigenvalue weighted by Gasteiger charge is 2.45. The van der Waals surface area contributed by atoms with Gasteiger partial charge in [0.25, 0.3) is 0 Å². The molecule has 1 N–H and O–H groups in total. The molecule has 0 aliphatic carbocycles. The summed E-state index contributed by atoms with van der Waals surface area (Å²) in [4.78, 5) is 12.0. The van der Waals surface area contributed by atoms with E-state index in [-0.39, 0.29) is 5.97 Å². The van der Waals surface area contributed by atoms with Crippen LogP contribution in [0.1, 0.15) is 6.92 Å². The topological polar surface area (TPSA) is 38.3 Å². The number of benzene rings is 2. The molecule has 0 bridgehead atoms. The molecule has 0 radical (unpaired) electrons. The molecule has 2 aromatic carbocycles. The van der Waals surface area contributed by atoms with Gasteiger partial charge in [-0.3, -0.25) is 0 Å². The third-order valence-corrected chi connectivity index (χ3v) is 7.36. The van der Waals surface area contributed by atoms with Crippen molar-refractivity contribution < 1.29 is 9.53 Å². The Morgan fingerprint density at radius 3 is 1.86 bits per heavy atom. The van der Waals surface area contributed by atoms with Crippen LogP contribution >= 0.6 is 7.41 Å². The summed E-state index contributed by atoms with van der Waals surface area (Å²) in [5.41, 5.74) is 0. The van der Waals surface area contributed by atoms with Gasteiger partial charge in [-0.25, -0.2) is 4.79 Å². The molecule has 21 heavy (non-hydrogen) atoms. The summed E-state index contributed by atoms with van der Waals surface area (Å²) in [5, 5.41) is 5.94. The molecule has 110 valence electrons. The van der Waals surface area contributed by atoms with Gasteiger partial charge in [0.05, 0.1) is 7.11 Å². The molecule has 0 amide bonds. The number of ether oxygens (including phenoxy) is 1. The largest absolute Gasteiger partial charge is 0.466 e. The van der Waals surface area contributed by atoms with Gasteiger partial charge < -0.3 is 4.74 Å². The predicted octanol–water partition coefficient (Wildman–Crippen LogP) is 2.35. The predicted molar refractivity (Wildman–Crippen MR) is 89.6 cm³/mol. The molecule has 0 spiro atoms. The summed E-state index contributed by atoms with van der Waals surface area (Å²) >= 11 is 0. The minimum Gasteiger partial charge on any atom is -0.466 e. The van der Waals surface area contributed by atoms with Crippen LogP contribution in [0.5, 0.6) is 0 Å². The lowest BCUT2D eigenvalue weighted by molar-refractivity contribution is -0.137. The van der Waals surface area contributed by atoms with Gasteiger partial charge in [-0.2, -0.15) is 5.09 Å². The smallest absolute Gasteiger partial charge is 0.346 e. The van der Waals surface area contributed by atoms with Crippen LogP contribution in [0.3, 0.4) is 0 Å². The summed E-state index contributed by atoms with van der Waals surface area (Å²) < 4.78 is 4.94. The second kappa shape index (κ2) is 7.35. The van der Waals surface area contributed by atoms with E-state index in [9.17, 15) is 4.79 Å². The maximum Gasteiger partial charge on any atom is 0.346 e. The summed E-state index contributed by atoms with van der Waals surface area (Å²) in [7, 11) is -0.555. The molecular weight excluding hydrogens is 281 g/mol. The van der Waals surface area contributed by atoms with E-state index in [2.05, 4.69) is 36.3 Å². The number of methoxy groups -OCH3 is 1. The van der Waals surface area contributed by atoms with Gasteiger partial charge in [0, 0.05) is 6.54 Å². The zero-order chi connectivity index (χ0) is 15.1. The van der Waals surface area contributed by atoms with E-state index in [1.165, 1.54) is 17.7 Å². The molecule has 0 saturated heterocycles. The van der Waals surface area contributed by atoms with Crippen molar-refractivity contribution >= 4 is 24.0 Å². The van der Waals surface area contributed by atoms with E-state index < -0.39 is 7.41 Å². The second-order valence-corrected chi connectivity index (χ2v) is 8.01. The average Bonchev–Trinajstić information content (AvgIpc) is 2.56. The van der Waals surface area contributed by atoms with Crippen molar-refractivity contribution in [2.75, 3.05) is 19.8 Å². The first-order valence-electron chi connectivity index (χ1n) is 7.04. The Morgan fingerprint density at radius 2 is 1.48 bits per heavy atom. The van der Waals surface area contributed by atoms with Gasteiger partial charge in [-0.1, -0.05) is 36.4 Å². The Balaban J connectivity index is 2.57. The molecule has 3 nitrogen and oxygen atoms in total. The van der Waals surface area contributed by atoms with E-state index >= 15 is 0 Å². The lowest BCUT2D eigenvalue weighted by Crippen LogP contribution is -2.38. The maximum atomic E-state index is 12.0. The third-order valence-electron chi connectivity index (χ3n) is 3.42. The quantitative estimate of drug-likeness (QED) is 0.657. The first kappa shape index (κ1) is 15.7. The fraction of sp³-hybridized carbons (Fsp3) is 0.235. The number of esters is 1. The molecule has 0 aliphatic rings. The van der Waals surface area contributed by atoms with Crippen molar-refractivity contribution in [1.82, 2.24) is 5.09 Å². The van der Waals surface area contributed by atoms with Crippen LogP contribution in [-0.4, -0.2) is 25.8 Å². The number of hydrogen-bond donors (Lipinski definition) is 1. The summed E-state index contributed by atoms with van der Waals surface area (Å²) in [6.07, 6.45) is 0.366. The molecule has 0 saturated carbocycles. The number of carbonyl (C=O) groups excluding carboxylic acids is 1. The molecule has 0 aromatic heterocycles. The highest BCUT2D eigenvalue weighted by atomic mass is 31.2. The Hall–Kier alpha value is -1.70. The number of nitrogens with one attached hydrogen (secondary N) is 1. The van der Waals surface area contributed by atoms with Crippen LogP contribution in [0.2, 0.25) is 0 Å². The van der Waals surface area contributed by atoms with Crippen molar-refractivity contribution in [2.24, 2.45) is 0 Å². The summed E-state index contributed by atoms with van der Waals surface area (Å²) in [6, 6.07) is 20.4. The molecule has 4 heteroatoms. The molecule has 2 rings (SSSR count). The molecule has 0 heterocycles. The lowest BCUT2D eigenvalue weighted by atomic mass is 10.4. The molecule has 0 unspecified atom stereocenters. The number of rotatable bonds is 6. The Morgan fingerprint density at radius 1 is 1.00 bits per heavy atom. The van der Waals surface area contributed by atoms with Crippen molar-refractivity contribution in [1.29, 1.82) is 0 Å². The summed E-state index contributed by atoms with van der Waals surface area (Å²) in [5.74, 6) is -0.183. The minimum absolute atomic E-state index is 0.183. The third kappa shape index (κ3) is 3.49. The van der Waals surface area contributed by atoms with Gasteiger partial charge in [0.15, 0.2) is 13.6 Å². The first-order chi connectivity index (χ1) is 10.2. The highest BCUT2D eigenvalue weighted by Crippen LogP contribution is 2.51. The minimum atomic E-state index is -2.00. The zero-order valence-corrected chi connectivity index (χ0v) is 13.3. The van der Waals surface area contributed by atoms with Crippen molar-refractivity contribution in [3.63, 3.8) is 0 Å². The van der Waals surface area contributed by atoms with E-state index in [1.54, 1.807) is 0 Å². The van der Waals surface area contributed by atoms with Gasteiger partial charge in [0.2, 0.25) is 0 Å². The SMILES string of the molecule is CCN[P+](CC(=O)OC)(c1ccccc1)c1ccccc1. The molecule has 2 aromatic rings. The van der Waals surface area contributed by atoms with E-state index in [0.717, 1.165) is 6.54 Å². The number of hydrogen-bond acceptors (Lipinski definition) is 3. The Bertz CT molecular complexity index is 532. The fourth-order valence-electron chi connectivity index (χ4n) is 2.46. The van der Waals surface area contributed by atoms with Gasteiger partial charge in [-0.05, 0) is 31.2 Å². The Kier molecular flexibility index (Phi) is 5.49. The standard InChI is InChI=1S/C17H21NO2P/c1-3-18-21(14-17(19)20-2,15-10-6-4-7-11-15)16-12-8-5-9-13-16/h4-13,18H,3,14H2,1-2H3/q+1. The van der Waals surface area contributed by atoms with Crippen molar-refractivity contribution in [3.8, 4) is 0 Å². The van der Waals surface area contributed by atoms with Gasteiger partial charge in [-0.15, -0.1) is 0 Å². The molecule has 0 fully saturated rings.